The minimum absolute atomic E-state index is 0.0198. The topological polar surface area (TPSA) is 108 Å². The molecule has 0 radical (unpaired) electrons. The highest BCUT2D eigenvalue weighted by molar-refractivity contribution is 7.47. The van der Waals surface area contributed by atoms with E-state index in [4.69, 9.17) is 18.5 Å². The zero-order valence-electron chi connectivity index (χ0n) is 34.7. The Bertz CT molecular complexity index is 1150. The van der Waals surface area contributed by atoms with E-state index < -0.39 is 32.5 Å². The van der Waals surface area contributed by atoms with Crippen LogP contribution in [0.5, 0.6) is 0 Å². The number of nitrogens with zero attached hydrogens (tertiary/aromatic N) is 1. The van der Waals surface area contributed by atoms with Crippen molar-refractivity contribution in [2.75, 3.05) is 47.5 Å². The van der Waals surface area contributed by atoms with Crippen LogP contribution >= 0.6 is 7.82 Å². The Morgan fingerprint density at radius 2 is 1.06 bits per heavy atom. The lowest BCUT2D eigenvalue weighted by Crippen LogP contribution is -2.37. The standard InChI is InChI=1S/C44H76NO8P/c1-6-8-10-12-14-16-18-19-20-21-22-23-24-25-27-29-31-33-35-37-44(47)53-42(41-52-54(48,49)51-39-38-45(3,4)5)40-50-43(46)36-34-32-30-28-26-17-15-13-11-9-7-2/h8,10,13-16,19-20,22-23,25,27,42H,6-7,9,11-12,17-18,21,24,26,28-41H2,1-5H3/p+1/b10-8-,15-13-,16-14-,20-19-,23-22-,27-25-/t42-/m1/s1. The fourth-order valence-electron chi connectivity index (χ4n) is 4.96. The van der Waals surface area contributed by atoms with Gasteiger partial charge in [-0.3, -0.25) is 18.6 Å². The van der Waals surface area contributed by atoms with E-state index in [2.05, 4.69) is 86.8 Å². The van der Waals surface area contributed by atoms with E-state index in [-0.39, 0.29) is 26.1 Å². The highest BCUT2D eigenvalue weighted by atomic mass is 31.2. The summed E-state index contributed by atoms with van der Waals surface area (Å²) in [6.07, 6.45) is 43.8. The molecule has 0 amide bonds. The molecule has 10 heteroatoms. The molecule has 0 aliphatic rings. The summed E-state index contributed by atoms with van der Waals surface area (Å²) in [5, 5.41) is 0. The van der Waals surface area contributed by atoms with Crippen LogP contribution in [0.25, 0.3) is 0 Å². The van der Waals surface area contributed by atoms with E-state index in [0.29, 0.717) is 17.4 Å². The second-order valence-corrected chi connectivity index (χ2v) is 16.1. The van der Waals surface area contributed by atoms with Crippen molar-refractivity contribution in [1.29, 1.82) is 0 Å². The first kappa shape index (κ1) is 51.5. The zero-order chi connectivity index (χ0) is 40.0. The number of esters is 2. The summed E-state index contributed by atoms with van der Waals surface area (Å²) >= 11 is 0. The van der Waals surface area contributed by atoms with Crippen LogP contribution in [0.4, 0.5) is 0 Å². The number of likely N-dealkylation sites (N-methyl/N-ethyl adjacent to an activating group) is 1. The van der Waals surface area contributed by atoms with Gasteiger partial charge in [0.2, 0.25) is 0 Å². The second kappa shape index (κ2) is 36.1. The third-order valence-corrected chi connectivity index (χ3v) is 9.20. The lowest BCUT2D eigenvalue weighted by molar-refractivity contribution is -0.870. The molecule has 0 aliphatic heterocycles. The lowest BCUT2D eigenvalue weighted by Gasteiger charge is -2.24. The molecular formula is C44H77NO8P+. The molecule has 0 aliphatic carbocycles. The van der Waals surface area contributed by atoms with Crippen LogP contribution in [0.15, 0.2) is 72.9 Å². The Morgan fingerprint density at radius 3 is 1.61 bits per heavy atom. The molecule has 0 rings (SSSR count). The third-order valence-electron chi connectivity index (χ3n) is 8.22. The predicted molar refractivity (Wildman–Crippen MR) is 224 cm³/mol. The van der Waals surface area contributed by atoms with Gasteiger partial charge >= 0.3 is 19.8 Å². The van der Waals surface area contributed by atoms with Crippen LogP contribution in [0, 0.1) is 0 Å². The van der Waals surface area contributed by atoms with Gasteiger partial charge in [0.05, 0.1) is 27.7 Å². The molecule has 0 aromatic rings. The molecule has 2 atom stereocenters. The Hall–Kier alpha value is -2.55. The number of phosphoric ester groups is 1. The van der Waals surface area contributed by atoms with Gasteiger partial charge in [-0.2, -0.15) is 0 Å². The summed E-state index contributed by atoms with van der Waals surface area (Å²) < 4.78 is 34.2. The first-order chi connectivity index (χ1) is 26.0. The van der Waals surface area contributed by atoms with E-state index in [1.807, 2.05) is 21.1 Å². The van der Waals surface area contributed by atoms with E-state index in [1.54, 1.807) is 0 Å². The summed E-state index contributed by atoms with van der Waals surface area (Å²) in [6, 6.07) is 0. The molecule has 0 aromatic heterocycles. The minimum atomic E-state index is -4.39. The van der Waals surface area contributed by atoms with Gasteiger partial charge in [0.1, 0.15) is 19.8 Å². The summed E-state index contributed by atoms with van der Waals surface area (Å²) in [7, 11) is 1.43. The predicted octanol–water partition coefficient (Wildman–Crippen LogP) is 11.5. The van der Waals surface area contributed by atoms with Crippen molar-refractivity contribution in [2.24, 2.45) is 0 Å². The number of carbonyl (C=O) groups is 2. The van der Waals surface area contributed by atoms with Gasteiger partial charge < -0.3 is 18.9 Å². The summed E-state index contributed by atoms with van der Waals surface area (Å²) in [5.74, 6) is -0.857. The van der Waals surface area contributed by atoms with Crippen molar-refractivity contribution >= 4 is 19.8 Å². The van der Waals surface area contributed by atoms with Gasteiger partial charge in [-0.05, 0) is 77.0 Å². The van der Waals surface area contributed by atoms with Crippen molar-refractivity contribution in [1.82, 2.24) is 0 Å². The minimum Gasteiger partial charge on any atom is -0.462 e. The first-order valence-corrected chi connectivity index (χ1v) is 22.2. The average molecular weight is 779 g/mol. The van der Waals surface area contributed by atoms with Crippen LogP contribution in [0.1, 0.15) is 142 Å². The van der Waals surface area contributed by atoms with Crippen LogP contribution in [-0.2, 0) is 32.7 Å². The fraction of sp³-hybridized carbons (Fsp3) is 0.682. The van der Waals surface area contributed by atoms with Gasteiger partial charge in [0.15, 0.2) is 6.10 Å². The molecule has 9 nitrogen and oxygen atoms in total. The molecule has 54 heavy (non-hydrogen) atoms. The molecule has 0 heterocycles. The number of phosphoric acid groups is 1. The molecule has 0 spiro atoms. The van der Waals surface area contributed by atoms with Gasteiger partial charge in [0.25, 0.3) is 0 Å². The highest BCUT2D eigenvalue weighted by Gasteiger charge is 2.27. The number of quaternary nitrogens is 1. The average Bonchev–Trinajstić information content (AvgIpc) is 3.12. The number of hydrogen-bond acceptors (Lipinski definition) is 7. The monoisotopic (exact) mass is 779 g/mol. The lowest BCUT2D eigenvalue weighted by atomic mass is 10.1. The summed E-state index contributed by atoms with van der Waals surface area (Å²) in [4.78, 5) is 35.2. The normalized spacial score (nSPS) is 14.4. The maximum Gasteiger partial charge on any atom is 0.472 e. The van der Waals surface area contributed by atoms with Crippen LogP contribution in [0.2, 0.25) is 0 Å². The SMILES string of the molecule is CC/C=C\C/C=C\C/C=C\C/C=C\C/C=C\CCCCCC(=O)O[C@H](COC(=O)CCCCCCC/C=C\CCCC)COP(=O)(O)OCC[N+](C)(C)C. The van der Waals surface area contributed by atoms with E-state index >= 15 is 0 Å². The molecule has 1 unspecified atom stereocenters. The van der Waals surface area contributed by atoms with Gasteiger partial charge in [-0.25, -0.2) is 4.57 Å². The van der Waals surface area contributed by atoms with Crippen molar-refractivity contribution in [3.63, 3.8) is 0 Å². The number of allylic oxidation sites excluding steroid dienone is 12. The van der Waals surface area contributed by atoms with Crippen LogP contribution < -0.4 is 0 Å². The summed E-state index contributed by atoms with van der Waals surface area (Å²) in [5.41, 5.74) is 0. The molecule has 0 fully saturated rings. The Kier molecular flexibility index (Phi) is 34.4. The Morgan fingerprint density at radius 1 is 0.593 bits per heavy atom. The van der Waals surface area contributed by atoms with E-state index in [1.165, 1.54) is 12.8 Å². The Balaban J connectivity index is 4.48. The van der Waals surface area contributed by atoms with Gasteiger partial charge in [-0.1, -0.05) is 125 Å². The molecule has 0 saturated carbocycles. The second-order valence-electron chi connectivity index (χ2n) is 14.6. The smallest absolute Gasteiger partial charge is 0.462 e. The quantitative estimate of drug-likeness (QED) is 0.0220. The maximum absolute atomic E-state index is 12.7. The van der Waals surface area contributed by atoms with Crippen LogP contribution in [0.3, 0.4) is 0 Å². The van der Waals surface area contributed by atoms with Crippen molar-refractivity contribution in [3.05, 3.63) is 72.9 Å². The van der Waals surface area contributed by atoms with E-state index in [0.717, 1.165) is 96.3 Å². The van der Waals surface area contributed by atoms with E-state index in [9.17, 15) is 19.0 Å². The Labute approximate surface area is 329 Å². The number of rotatable bonds is 36. The molecular weight excluding hydrogens is 701 g/mol. The first-order valence-electron chi connectivity index (χ1n) is 20.7. The molecule has 0 bridgehead atoms. The fourth-order valence-corrected chi connectivity index (χ4v) is 5.70. The highest BCUT2D eigenvalue weighted by Crippen LogP contribution is 2.43. The summed E-state index contributed by atoms with van der Waals surface area (Å²) in [6.45, 7) is 4.19. The van der Waals surface area contributed by atoms with Gasteiger partial charge in [0, 0.05) is 12.8 Å². The molecule has 1 N–H and O–H groups in total. The zero-order valence-corrected chi connectivity index (χ0v) is 35.6. The van der Waals surface area contributed by atoms with Crippen molar-refractivity contribution in [3.8, 4) is 0 Å². The number of carbonyl (C=O) groups excluding carboxylic acids is 2. The third kappa shape index (κ3) is 39.2. The van der Waals surface area contributed by atoms with Crippen molar-refractivity contribution in [2.45, 2.75) is 148 Å². The molecule has 0 aromatic carbocycles. The van der Waals surface area contributed by atoms with Crippen LogP contribution in [-0.4, -0.2) is 74.9 Å². The number of unbranched alkanes of at least 4 members (excludes halogenated alkanes) is 10. The largest absolute Gasteiger partial charge is 0.472 e. The number of ether oxygens (including phenoxy) is 2. The van der Waals surface area contributed by atoms with Gasteiger partial charge in [-0.15, -0.1) is 0 Å². The van der Waals surface area contributed by atoms with Crippen molar-refractivity contribution < 1.29 is 42.1 Å². The number of hydrogen-bond donors (Lipinski definition) is 1. The molecule has 310 valence electrons. The molecule has 0 saturated heterocycles. The maximum atomic E-state index is 12.7.